The largest absolute Gasteiger partial charge is 0.478 e. The monoisotopic (exact) mass is 603 g/mol. The maximum atomic E-state index is 13.2. The molecule has 0 saturated heterocycles. The molecule has 42 heavy (non-hydrogen) atoms. The van der Waals surface area contributed by atoms with E-state index in [9.17, 15) is 23.1 Å². The molecule has 2 heterocycles. The maximum absolute atomic E-state index is 13.2. The molecule has 5 aromatic rings. The summed E-state index contributed by atoms with van der Waals surface area (Å²) in [4.78, 5) is 32.9. The topological polar surface area (TPSA) is 154 Å². The van der Waals surface area contributed by atoms with Gasteiger partial charge in [0.15, 0.2) is 15.0 Å². The second-order valence-electron chi connectivity index (χ2n) is 8.68. The average molecular weight is 604 g/mol. The van der Waals surface area contributed by atoms with Crippen molar-refractivity contribution in [3.05, 3.63) is 108 Å². The first-order valence-corrected chi connectivity index (χ1v) is 14.8. The Balaban J connectivity index is 1.36. The van der Waals surface area contributed by atoms with E-state index < -0.39 is 21.7 Å². The lowest BCUT2D eigenvalue weighted by atomic mass is 10.2. The lowest BCUT2D eigenvalue weighted by molar-refractivity contribution is 0.0696. The van der Waals surface area contributed by atoms with E-state index in [1.165, 1.54) is 54.7 Å². The summed E-state index contributed by atoms with van der Waals surface area (Å²) in [5, 5.41) is 12.4. The van der Waals surface area contributed by atoms with Crippen LogP contribution in [0.3, 0.4) is 0 Å². The van der Waals surface area contributed by atoms with E-state index in [4.69, 9.17) is 14.2 Å². The van der Waals surface area contributed by atoms with Gasteiger partial charge in [0.1, 0.15) is 23.0 Å². The van der Waals surface area contributed by atoms with Gasteiger partial charge in [-0.1, -0.05) is 23.5 Å². The molecule has 0 aliphatic heterocycles. The first-order valence-electron chi connectivity index (χ1n) is 12.1. The minimum Gasteiger partial charge on any atom is -0.478 e. The molecular weight excluding hydrogens is 582 g/mol. The maximum Gasteiger partial charge on any atom is 0.335 e. The summed E-state index contributed by atoms with van der Waals surface area (Å²) in [6.45, 7) is 0. The predicted octanol–water partition coefficient (Wildman–Crippen LogP) is 6.27. The number of carbonyl (C=O) groups is 2. The quantitative estimate of drug-likeness (QED) is 0.187. The third-order valence-electron chi connectivity index (χ3n) is 5.49. The molecule has 2 N–H and O–H groups in total. The molecule has 0 unspecified atom stereocenters. The van der Waals surface area contributed by atoms with Crippen molar-refractivity contribution in [3.63, 3.8) is 0 Å². The van der Waals surface area contributed by atoms with Crippen LogP contribution in [0, 0.1) is 0 Å². The summed E-state index contributed by atoms with van der Waals surface area (Å²) in [5.41, 5.74) is 0.251. The Kier molecular flexibility index (Phi) is 8.13. The number of pyridine rings is 1. The van der Waals surface area contributed by atoms with Crippen LogP contribution in [0.2, 0.25) is 0 Å². The van der Waals surface area contributed by atoms with Crippen LogP contribution in [0.25, 0.3) is 0 Å². The molecule has 2 aromatic heterocycles. The van der Waals surface area contributed by atoms with Gasteiger partial charge in [0.2, 0.25) is 10.9 Å². The first-order chi connectivity index (χ1) is 20.1. The third-order valence-corrected chi connectivity index (χ3v) is 7.41. The summed E-state index contributed by atoms with van der Waals surface area (Å²) in [5.74, 6) is -0.131. The highest BCUT2D eigenvalue weighted by Gasteiger charge is 2.15. The number of aromatic carboxylic acids is 1. The van der Waals surface area contributed by atoms with E-state index in [0.29, 0.717) is 22.4 Å². The van der Waals surface area contributed by atoms with Gasteiger partial charge in [0.25, 0.3) is 5.91 Å². The van der Waals surface area contributed by atoms with Gasteiger partial charge in [-0.25, -0.2) is 23.2 Å². The molecule has 0 saturated carbocycles. The molecule has 0 aliphatic rings. The minimum atomic E-state index is -3.38. The summed E-state index contributed by atoms with van der Waals surface area (Å²) >= 11 is 1.05. The van der Waals surface area contributed by atoms with E-state index in [0.717, 1.165) is 17.6 Å². The standard InChI is InChI=1S/C29H21N3O8S2/c1-42(36,37)24-10-8-20(9-11-24)38-22-14-19(15-23(16-22)39-25-7-2-3-12-30-25)27(33)32-29-31-17-26(41-29)40-21-6-4-5-18(13-21)28(34)35/h2-17H,1H3,(H,34,35)(H,31,32,33). The number of aromatic nitrogens is 2. The van der Waals surface area contributed by atoms with Crippen molar-refractivity contribution in [2.24, 2.45) is 0 Å². The highest BCUT2D eigenvalue weighted by molar-refractivity contribution is 7.90. The Morgan fingerprint density at radius 1 is 0.786 bits per heavy atom. The van der Waals surface area contributed by atoms with E-state index in [1.54, 1.807) is 42.6 Å². The summed E-state index contributed by atoms with van der Waals surface area (Å²) in [6, 6.07) is 21.5. The van der Waals surface area contributed by atoms with E-state index in [1.807, 2.05) is 0 Å². The van der Waals surface area contributed by atoms with Gasteiger partial charge in [-0.05, 0) is 60.7 Å². The Labute approximate surface area is 243 Å². The van der Waals surface area contributed by atoms with E-state index in [2.05, 4.69) is 15.3 Å². The number of anilines is 1. The molecule has 0 aliphatic carbocycles. The molecule has 0 spiro atoms. The highest BCUT2D eigenvalue weighted by Crippen LogP contribution is 2.33. The number of carbonyl (C=O) groups excluding carboxylic acids is 1. The number of carboxylic acids is 1. The number of hydrogen-bond donors (Lipinski definition) is 2. The normalized spacial score (nSPS) is 11.0. The molecule has 11 nitrogen and oxygen atoms in total. The van der Waals surface area contributed by atoms with Crippen molar-refractivity contribution in [2.75, 3.05) is 11.6 Å². The highest BCUT2D eigenvalue weighted by atomic mass is 32.2. The van der Waals surface area contributed by atoms with Gasteiger partial charge in [-0.3, -0.25) is 10.1 Å². The van der Waals surface area contributed by atoms with E-state index in [-0.39, 0.29) is 32.7 Å². The van der Waals surface area contributed by atoms with Crippen LogP contribution in [0.15, 0.2) is 102 Å². The average Bonchev–Trinajstić information content (AvgIpc) is 3.39. The van der Waals surface area contributed by atoms with Crippen LogP contribution >= 0.6 is 11.3 Å². The van der Waals surface area contributed by atoms with Crippen LogP contribution in [-0.2, 0) is 9.84 Å². The fourth-order valence-corrected chi connectivity index (χ4v) is 4.90. The van der Waals surface area contributed by atoms with Gasteiger partial charge in [-0.15, -0.1) is 0 Å². The Morgan fingerprint density at radius 3 is 2.21 bits per heavy atom. The zero-order valence-corrected chi connectivity index (χ0v) is 23.4. The zero-order valence-electron chi connectivity index (χ0n) is 21.8. The Hall–Kier alpha value is -5.27. The summed E-state index contributed by atoms with van der Waals surface area (Å²) < 4.78 is 41.0. The number of benzene rings is 3. The van der Waals surface area contributed by atoms with Crippen LogP contribution in [0.1, 0.15) is 20.7 Å². The van der Waals surface area contributed by atoms with Crippen molar-refractivity contribution in [1.82, 2.24) is 9.97 Å². The van der Waals surface area contributed by atoms with Crippen molar-refractivity contribution in [2.45, 2.75) is 4.90 Å². The second-order valence-corrected chi connectivity index (χ2v) is 11.7. The number of nitrogens with zero attached hydrogens (tertiary/aromatic N) is 2. The molecule has 0 radical (unpaired) electrons. The van der Waals surface area contributed by atoms with Crippen molar-refractivity contribution in [1.29, 1.82) is 0 Å². The molecule has 212 valence electrons. The summed E-state index contributed by atoms with van der Waals surface area (Å²) in [6.07, 6.45) is 4.08. The molecule has 5 rings (SSSR count). The Bertz CT molecular complexity index is 1860. The van der Waals surface area contributed by atoms with Crippen LogP contribution in [0.5, 0.6) is 33.9 Å². The second kappa shape index (κ2) is 12.1. The van der Waals surface area contributed by atoms with Crippen molar-refractivity contribution < 1.29 is 37.3 Å². The fourth-order valence-electron chi connectivity index (χ4n) is 3.58. The molecule has 0 atom stereocenters. The fraction of sp³-hybridized carbons (Fsp3) is 0.0345. The Morgan fingerprint density at radius 2 is 1.52 bits per heavy atom. The first kappa shape index (κ1) is 28.3. The minimum absolute atomic E-state index is 0.0720. The number of sulfone groups is 1. The van der Waals surface area contributed by atoms with Crippen LogP contribution < -0.4 is 19.5 Å². The lowest BCUT2D eigenvalue weighted by Gasteiger charge is -2.12. The molecule has 13 heteroatoms. The summed E-state index contributed by atoms with van der Waals surface area (Å²) in [7, 11) is -3.38. The number of ether oxygens (including phenoxy) is 3. The zero-order chi connectivity index (χ0) is 29.7. The lowest BCUT2D eigenvalue weighted by Crippen LogP contribution is -2.12. The van der Waals surface area contributed by atoms with Crippen molar-refractivity contribution >= 4 is 38.2 Å². The van der Waals surface area contributed by atoms with E-state index >= 15 is 0 Å². The van der Waals surface area contributed by atoms with Gasteiger partial charge >= 0.3 is 5.97 Å². The third kappa shape index (κ3) is 7.27. The number of nitrogens with one attached hydrogen (secondary N) is 1. The van der Waals surface area contributed by atoms with Gasteiger partial charge in [0, 0.05) is 30.1 Å². The SMILES string of the molecule is CS(=O)(=O)c1ccc(Oc2cc(Oc3ccccn3)cc(C(=O)Nc3ncc(Oc4cccc(C(=O)O)c4)s3)c2)cc1. The van der Waals surface area contributed by atoms with Gasteiger partial charge in [0.05, 0.1) is 16.7 Å². The molecule has 3 aromatic carbocycles. The smallest absolute Gasteiger partial charge is 0.335 e. The number of amides is 1. The predicted molar refractivity (Wildman–Crippen MR) is 154 cm³/mol. The molecule has 0 bridgehead atoms. The molecule has 0 fully saturated rings. The number of rotatable bonds is 10. The van der Waals surface area contributed by atoms with Gasteiger partial charge < -0.3 is 19.3 Å². The molecule has 1 amide bonds. The van der Waals surface area contributed by atoms with Crippen LogP contribution in [0.4, 0.5) is 5.13 Å². The molecular formula is C29H21N3O8S2. The van der Waals surface area contributed by atoms with Gasteiger partial charge in [-0.2, -0.15) is 0 Å². The number of hydrogen-bond acceptors (Lipinski definition) is 10. The van der Waals surface area contributed by atoms with Crippen molar-refractivity contribution in [3.8, 4) is 33.9 Å². The number of thiazole rings is 1. The number of carboxylic acid groups (broad SMARTS) is 1. The van der Waals surface area contributed by atoms with Crippen LogP contribution in [-0.4, -0.2) is 41.6 Å².